The molecule has 1 aromatic carbocycles. The fourth-order valence-corrected chi connectivity index (χ4v) is 3.10. The van der Waals surface area contributed by atoms with Gasteiger partial charge in [0, 0.05) is 13.2 Å². The number of hydrogen-bond acceptors (Lipinski definition) is 5. The van der Waals surface area contributed by atoms with Crippen LogP contribution in [-0.2, 0) is 4.74 Å². The highest BCUT2D eigenvalue weighted by atomic mass is 35.5. The first-order chi connectivity index (χ1) is 14.1. The molecular weight excluding hydrogens is 406 g/mol. The van der Waals surface area contributed by atoms with Crippen LogP contribution in [-0.4, -0.2) is 39.6 Å². The highest BCUT2D eigenvalue weighted by Crippen LogP contribution is 2.36. The number of nitrogens with one attached hydrogen (secondary N) is 1. The lowest BCUT2D eigenvalue weighted by molar-refractivity contribution is 0.0587. The van der Waals surface area contributed by atoms with Gasteiger partial charge in [-0.1, -0.05) is 41.9 Å². The molecule has 30 heavy (non-hydrogen) atoms. The quantitative estimate of drug-likeness (QED) is 0.645. The molecule has 0 saturated heterocycles. The third-order valence-electron chi connectivity index (χ3n) is 4.11. The van der Waals surface area contributed by atoms with E-state index in [-0.39, 0.29) is 16.5 Å². The Morgan fingerprint density at radius 1 is 1.13 bits per heavy atom. The van der Waals surface area contributed by atoms with Crippen molar-refractivity contribution in [1.82, 2.24) is 15.0 Å². The van der Waals surface area contributed by atoms with Crippen molar-refractivity contribution < 1.29 is 14.3 Å². The number of anilines is 1. The van der Waals surface area contributed by atoms with E-state index < -0.39 is 17.6 Å². The summed E-state index contributed by atoms with van der Waals surface area (Å²) in [6, 6.07) is 10.8. The molecule has 8 nitrogen and oxygen atoms in total. The summed E-state index contributed by atoms with van der Waals surface area (Å²) in [6.07, 6.45) is 0.891. The van der Waals surface area contributed by atoms with Gasteiger partial charge in [0.15, 0.2) is 0 Å². The number of carbonyl (C=O) groups is 2. The Hall–Kier alpha value is -3.39. The van der Waals surface area contributed by atoms with Crippen molar-refractivity contribution in [2.75, 3.05) is 11.9 Å². The lowest BCUT2D eigenvalue weighted by atomic mass is 10.1. The first-order valence-electron chi connectivity index (χ1n) is 9.15. The van der Waals surface area contributed by atoms with Crippen LogP contribution < -0.4 is 10.6 Å². The number of carbonyl (C=O) groups excluding carboxylic acids is 2. The molecule has 3 N–H and O–H groups in total. The Labute approximate surface area is 179 Å². The third kappa shape index (κ3) is 4.44. The molecule has 0 spiro atoms. The minimum atomic E-state index is -0.665. The Bertz CT molecular complexity index is 1090. The molecule has 0 aliphatic heterocycles. The highest BCUT2D eigenvalue weighted by molar-refractivity contribution is 6.37. The lowest BCUT2D eigenvalue weighted by Crippen LogP contribution is -2.35. The highest BCUT2D eigenvalue weighted by Gasteiger charge is 2.25. The van der Waals surface area contributed by atoms with Gasteiger partial charge >= 0.3 is 6.09 Å². The van der Waals surface area contributed by atoms with Crippen LogP contribution in [0.15, 0.2) is 42.6 Å². The van der Waals surface area contributed by atoms with Gasteiger partial charge in [-0.3, -0.25) is 4.79 Å². The summed E-state index contributed by atoms with van der Waals surface area (Å²) >= 11 is 6.49. The van der Waals surface area contributed by atoms with Crippen molar-refractivity contribution >= 4 is 29.5 Å². The van der Waals surface area contributed by atoms with E-state index in [0.29, 0.717) is 17.1 Å². The first-order valence-corrected chi connectivity index (χ1v) is 9.53. The van der Waals surface area contributed by atoms with Gasteiger partial charge in [-0.15, -0.1) is 0 Å². The number of amides is 2. The van der Waals surface area contributed by atoms with E-state index in [0.717, 1.165) is 5.56 Å². The fourth-order valence-electron chi connectivity index (χ4n) is 2.77. The normalized spacial score (nSPS) is 11.2. The van der Waals surface area contributed by atoms with Crippen LogP contribution in [0.25, 0.3) is 22.6 Å². The maximum atomic E-state index is 12.3. The van der Waals surface area contributed by atoms with Gasteiger partial charge in [-0.05, 0) is 32.4 Å². The molecule has 0 atom stereocenters. The molecule has 0 bridgehead atoms. The molecule has 2 aromatic heterocycles. The summed E-state index contributed by atoms with van der Waals surface area (Å²) in [6.45, 7) is 5.31. The zero-order valence-corrected chi connectivity index (χ0v) is 17.8. The molecule has 0 saturated carbocycles. The number of aromatic amines is 1. The first kappa shape index (κ1) is 21.3. The second-order valence-electron chi connectivity index (χ2n) is 7.58. The number of nitrogens with two attached hydrogens (primary N) is 1. The zero-order chi connectivity index (χ0) is 22.1. The molecule has 3 rings (SSSR count). The molecule has 2 heterocycles. The van der Waals surface area contributed by atoms with Crippen molar-refractivity contribution in [2.24, 2.45) is 5.73 Å². The van der Waals surface area contributed by atoms with E-state index in [4.69, 9.17) is 22.1 Å². The van der Waals surface area contributed by atoms with Crippen LogP contribution >= 0.6 is 11.6 Å². The topological polar surface area (TPSA) is 114 Å². The summed E-state index contributed by atoms with van der Waals surface area (Å²) in [7, 11) is 1.51. The number of hydrogen-bond donors (Lipinski definition) is 2. The average Bonchev–Trinajstić information content (AvgIpc) is 3.04. The summed E-state index contributed by atoms with van der Waals surface area (Å²) < 4.78 is 5.35. The smallest absolute Gasteiger partial charge is 0.416 e. The number of ether oxygens (including phenoxy) is 1. The van der Waals surface area contributed by atoms with Crippen molar-refractivity contribution in [3.63, 3.8) is 0 Å². The van der Waals surface area contributed by atoms with Gasteiger partial charge in [0.2, 0.25) is 5.95 Å². The van der Waals surface area contributed by atoms with Gasteiger partial charge < -0.3 is 15.5 Å². The summed E-state index contributed by atoms with van der Waals surface area (Å²) in [5.74, 6) is -0.546. The summed E-state index contributed by atoms with van der Waals surface area (Å²) in [5.41, 5.74) is 7.11. The van der Waals surface area contributed by atoms with Crippen LogP contribution in [0, 0.1) is 0 Å². The lowest BCUT2D eigenvalue weighted by Gasteiger charge is -2.23. The molecule has 156 valence electrons. The zero-order valence-electron chi connectivity index (χ0n) is 17.1. The third-order valence-corrected chi connectivity index (χ3v) is 4.49. The van der Waals surface area contributed by atoms with Gasteiger partial charge in [0.25, 0.3) is 5.91 Å². The monoisotopic (exact) mass is 427 g/mol. The molecule has 3 aromatic rings. The minimum Gasteiger partial charge on any atom is -0.443 e. The Kier molecular flexibility index (Phi) is 5.80. The maximum absolute atomic E-state index is 12.3. The molecule has 0 aliphatic carbocycles. The standard InChI is InChI=1S/C21H22ClN5O3/c1-21(2,3)30-20(29)27(4)19-24-11-10-13(25-19)17-15(22)14(18(23)28)16(26-17)12-8-6-5-7-9-12/h5-11,26H,1-4H3,(H2,23,28). The predicted molar refractivity (Wildman–Crippen MR) is 115 cm³/mol. The van der Waals surface area contributed by atoms with Gasteiger partial charge in [0.05, 0.1) is 27.7 Å². The van der Waals surface area contributed by atoms with Crippen molar-refractivity contribution in [2.45, 2.75) is 26.4 Å². The Balaban J connectivity index is 2.04. The number of nitrogens with zero attached hydrogens (tertiary/aromatic N) is 3. The second-order valence-corrected chi connectivity index (χ2v) is 7.95. The number of primary amides is 1. The van der Waals surface area contributed by atoms with E-state index in [2.05, 4.69) is 15.0 Å². The van der Waals surface area contributed by atoms with Crippen LogP contribution in [0.1, 0.15) is 31.1 Å². The summed E-state index contributed by atoms with van der Waals surface area (Å²) in [5, 5.41) is 0.144. The number of benzene rings is 1. The Morgan fingerprint density at radius 3 is 2.40 bits per heavy atom. The molecular formula is C21H22ClN5O3. The molecule has 0 radical (unpaired) electrons. The number of rotatable bonds is 4. The van der Waals surface area contributed by atoms with E-state index >= 15 is 0 Å². The largest absolute Gasteiger partial charge is 0.443 e. The van der Waals surface area contributed by atoms with Gasteiger partial charge in [-0.25, -0.2) is 19.7 Å². The molecule has 0 aliphatic rings. The Morgan fingerprint density at radius 2 is 1.80 bits per heavy atom. The van der Waals surface area contributed by atoms with Crippen LogP contribution in [0.2, 0.25) is 5.02 Å². The minimum absolute atomic E-state index is 0.120. The van der Waals surface area contributed by atoms with Gasteiger partial charge in [0.1, 0.15) is 5.60 Å². The van der Waals surface area contributed by atoms with Crippen molar-refractivity contribution in [3.8, 4) is 22.6 Å². The maximum Gasteiger partial charge on any atom is 0.416 e. The SMILES string of the molecule is CN(C(=O)OC(C)(C)C)c1nccc(-c2[nH]c(-c3ccccc3)c(C(N)=O)c2Cl)n1. The van der Waals surface area contributed by atoms with E-state index in [9.17, 15) is 9.59 Å². The predicted octanol–water partition coefficient (Wildman–Crippen LogP) is 4.26. The van der Waals surface area contributed by atoms with E-state index in [1.165, 1.54) is 18.1 Å². The molecule has 9 heteroatoms. The fraction of sp³-hybridized carbons (Fsp3) is 0.238. The second kappa shape index (κ2) is 8.16. The van der Waals surface area contributed by atoms with Crippen molar-refractivity contribution in [3.05, 3.63) is 53.2 Å². The number of halogens is 1. The molecule has 0 unspecified atom stereocenters. The molecule has 0 fully saturated rings. The van der Waals surface area contributed by atoms with E-state index in [1.54, 1.807) is 26.8 Å². The average molecular weight is 428 g/mol. The van der Waals surface area contributed by atoms with Crippen LogP contribution in [0.4, 0.5) is 10.7 Å². The number of aromatic nitrogens is 3. The van der Waals surface area contributed by atoms with Crippen molar-refractivity contribution in [1.29, 1.82) is 0 Å². The molecule has 2 amide bonds. The van der Waals surface area contributed by atoms with Crippen LogP contribution in [0.5, 0.6) is 0 Å². The van der Waals surface area contributed by atoms with E-state index in [1.807, 2.05) is 30.3 Å². The summed E-state index contributed by atoms with van der Waals surface area (Å²) in [4.78, 5) is 37.3. The number of H-pyrrole nitrogens is 1. The van der Waals surface area contributed by atoms with Crippen LogP contribution in [0.3, 0.4) is 0 Å². The van der Waals surface area contributed by atoms with Gasteiger partial charge in [-0.2, -0.15) is 0 Å².